The van der Waals surface area contributed by atoms with Crippen LogP contribution in [0.25, 0.3) is 0 Å². The number of hydrogen-bond acceptors (Lipinski definition) is 1. The highest BCUT2D eigenvalue weighted by Gasteiger charge is 2.28. The van der Waals surface area contributed by atoms with Crippen LogP contribution in [0.5, 0.6) is 0 Å². The van der Waals surface area contributed by atoms with Crippen molar-refractivity contribution in [2.75, 3.05) is 0 Å². The van der Waals surface area contributed by atoms with E-state index < -0.39 is 0 Å². The Kier molecular flexibility index (Phi) is 2.58. The highest BCUT2D eigenvalue weighted by molar-refractivity contribution is 4.81. The quantitative estimate of drug-likeness (QED) is 0.663. The van der Waals surface area contributed by atoms with Crippen LogP contribution < -0.4 is 5.73 Å². The average molecular weight is 155 g/mol. The van der Waals surface area contributed by atoms with Crippen molar-refractivity contribution < 1.29 is 0 Å². The summed E-state index contributed by atoms with van der Waals surface area (Å²) >= 11 is 0. The van der Waals surface area contributed by atoms with Crippen molar-refractivity contribution in [2.45, 2.75) is 52.0 Å². The largest absolute Gasteiger partial charge is 0.326 e. The Hall–Kier alpha value is -0.0400. The summed E-state index contributed by atoms with van der Waals surface area (Å²) < 4.78 is 0. The van der Waals surface area contributed by atoms with Crippen LogP contribution in [0, 0.1) is 11.8 Å². The highest BCUT2D eigenvalue weighted by Crippen LogP contribution is 2.39. The van der Waals surface area contributed by atoms with Gasteiger partial charge in [0.2, 0.25) is 0 Å². The van der Waals surface area contributed by atoms with Gasteiger partial charge in [-0.2, -0.15) is 0 Å². The molecule has 0 aromatic heterocycles. The lowest BCUT2D eigenvalue weighted by Crippen LogP contribution is -2.32. The van der Waals surface area contributed by atoms with Gasteiger partial charge in [-0.05, 0) is 51.4 Å². The molecule has 1 aliphatic rings. The van der Waals surface area contributed by atoms with Crippen molar-refractivity contribution in [1.29, 1.82) is 0 Å². The van der Waals surface area contributed by atoms with E-state index >= 15 is 0 Å². The molecule has 1 atom stereocenters. The summed E-state index contributed by atoms with van der Waals surface area (Å²) in [7, 11) is 0. The molecule has 66 valence electrons. The van der Waals surface area contributed by atoms with Crippen molar-refractivity contribution in [1.82, 2.24) is 0 Å². The third-order valence-corrected chi connectivity index (χ3v) is 2.67. The Morgan fingerprint density at radius 3 is 2.36 bits per heavy atom. The molecule has 1 fully saturated rings. The first-order chi connectivity index (χ1) is 4.99. The molecule has 0 aliphatic heterocycles. The second-order valence-corrected chi connectivity index (χ2v) is 4.84. The summed E-state index contributed by atoms with van der Waals surface area (Å²) in [6.07, 6.45) is 5.41. The molecule has 0 bridgehead atoms. The first-order valence-corrected chi connectivity index (χ1v) is 4.78. The van der Waals surface area contributed by atoms with E-state index in [0.717, 1.165) is 11.8 Å². The molecule has 0 heterocycles. The van der Waals surface area contributed by atoms with E-state index in [0.29, 0.717) is 0 Å². The molecule has 0 aromatic carbocycles. The molecule has 1 saturated carbocycles. The standard InChI is InChI=1S/C10H21N/c1-8(9-4-5-9)6-7-10(2,3)11/h8-9H,4-7,11H2,1-3H3. The van der Waals surface area contributed by atoms with E-state index in [1.165, 1.54) is 25.7 Å². The summed E-state index contributed by atoms with van der Waals surface area (Å²) in [6.45, 7) is 6.60. The van der Waals surface area contributed by atoms with Crippen molar-refractivity contribution in [3.63, 3.8) is 0 Å². The molecule has 1 aliphatic carbocycles. The Balaban J connectivity index is 2.10. The zero-order chi connectivity index (χ0) is 8.48. The van der Waals surface area contributed by atoms with Crippen molar-refractivity contribution in [2.24, 2.45) is 17.6 Å². The maximum absolute atomic E-state index is 5.90. The topological polar surface area (TPSA) is 26.0 Å². The predicted molar refractivity (Wildman–Crippen MR) is 49.4 cm³/mol. The molecule has 0 aromatic rings. The van der Waals surface area contributed by atoms with Gasteiger partial charge in [0, 0.05) is 5.54 Å². The van der Waals surface area contributed by atoms with E-state index in [2.05, 4.69) is 20.8 Å². The minimum absolute atomic E-state index is 0.0448. The van der Waals surface area contributed by atoms with Crippen LogP contribution in [0.3, 0.4) is 0 Å². The molecule has 1 unspecified atom stereocenters. The Morgan fingerprint density at radius 2 is 2.00 bits per heavy atom. The fourth-order valence-electron chi connectivity index (χ4n) is 1.50. The van der Waals surface area contributed by atoms with Gasteiger partial charge in [0.25, 0.3) is 0 Å². The Labute approximate surface area is 70.4 Å². The van der Waals surface area contributed by atoms with Gasteiger partial charge in [0.1, 0.15) is 0 Å². The second kappa shape index (κ2) is 3.14. The lowest BCUT2D eigenvalue weighted by molar-refractivity contribution is 0.376. The summed E-state index contributed by atoms with van der Waals surface area (Å²) in [6, 6.07) is 0. The van der Waals surface area contributed by atoms with E-state index in [1.807, 2.05) is 0 Å². The van der Waals surface area contributed by atoms with E-state index in [4.69, 9.17) is 5.73 Å². The highest BCUT2D eigenvalue weighted by atomic mass is 14.7. The van der Waals surface area contributed by atoms with Gasteiger partial charge < -0.3 is 5.73 Å². The van der Waals surface area contributed by atoms with E-state index in [9.17, 15) is 0 Å². The molecular formula is C10H21N. The van der Waals surface area contributed by atoms with Gasteiger partial charge in [0.15, 0.2) is 0 Å². The minimum atomic E-state index is 0.0448. The lowest BCUT2D eigenvalue weighted by atomic mass is 9.92. The number of nitrogens with two attached hydrogens (primary N) is 1. The maximum atomic E-state index is 5.90. The van der Waals surface area contributed by atoms with Gasteiger partial charge in [-0.1, -0.05) is 6.92 Å². The van der Waals surface area contributed by atoms with Gasteiger partial charge >= 0.3 is 0 Å². The molecule has 0 spiro atoms. The predicted octanol–water partition coefficient (Wildman–Crippen LogP) is 2.55. The van der Waals surface area contributed by atoms with Crippen LogP contribution in [-0.2, 0) is 0 Å². The molecule has 1 rings (SSSR count). The normalized spacial score (nSPS) is 21.8. The Morgan fingerprint density at radius 1 is 1.45 bits per heavy atom. The van der Waals surface area contributed by atoms with Crippen LogP contribution >= 0.6 is 0 Å². The van der Waals surface area contributed by atoms with Crippen molar-refractivity contribution in [3.05, 3.63) is 0 Å². The molecule has 0 saturated heterocycles. The third-order valence-electron chi connectivity index (χ3n) is 2.67. The van der Waals surface area contributed by atoms with Crippen molar-refractivity contribution >= 4 is 0 Å². The summed E-state index contributed by atoms with van der Waals surface area (Å²) in [4.78, 5) is 0. The molecule has 1 nitrogen and oxygen atoms in total. The SMILES string of the molecule is CC(CCC(C)(C)N)C1CC1. The summed E-state index contributed by atoms with van der Waals surface area (Å²) in [5.74, 6) is 1.95. The van der Waals surface area contributed by atoms with Gasteiger partial charge in [-0.3, -0.25) is 0 Å². The molecule has 11 heavy (non-hydrogen) atoms. The monoisotopic (exact) mass is 155 g/mol. The molecule has 0 amide bonds. The van der Waals surface area contributed by atoms with E-state index in [-0.39, 0.29) is 5.54 Å². The fourth-order valence-corrected chi connectivity index (χ4v) is 1.50. The zero-order valence-corrected chi connectivity index (χ0v) is 8.06. The molecule has 1 heteroatoms. The zero-order valence-electron chi connectivity index (χ0n) is 8.06. The van der Waals surface area contributed by atoms with Gasteiger partial charge in [-0.15, -0.1) is 0 Å². The van der Waals surface area contributed by atoms with E-state index in [1.54, 1.807) is 0 Å². The minimum Gasteiger partial charge on any atom is -0.326 e. The first kappa shape index (κ1) is 9.05. The van der Waals surface area contributed by atoms with Gasteiger partial charge in [-0.25, -0.2) is 0 Å². The lowest BCUT2D eigenvalue weighted by Gasteiger charge is -2.20. The number of rotatable bonds is 4. The summed E-state index contributed by atoms with van der Waals surface area (Å²) in [5.41, 5.74) is 5.95. The number of hydrogen-bond donors (Lipinski definition) is 1. The van der Waals surface area contributed by atoms with Crippen LogP contribution in [-0.4, -0.2) is 5.54 Å². The molecule has 0 radical (unpaired) electrons. The average Bonchev–Trinajstić information content (AvgIpc) is 2.61. The molecule has 2 N–H and O–H groups in total. The smallest absolute Gasteiger partial charge is 0.00971 e. The second-order valence-electron chi connectivity index (χ2n) is 4.84. The van der Waals surface area contributed by atoms with Crippen LogP contribution in [0.4, 0.5) is 0 Å². The Bertz CT molecular complexity index is 119. The first-order valence-electron chi connectivity index (χ1n) is 4.78. The van der Waals surface area contributed by atoms with Crippen LogP contribution in [0.2, 0.25) is 0 Å². The van der Waals surface area contributed by atoms with Crippen molar-refractivity contribution in [3.8, 4) is 0 Å². The summed E-state index contributed by atoms with van der Waals surface area (Å²) in [5, 5.41) is 0. The molecular weight excluding hydrogens is 134 g/mol. The van der Waals surface area contributed by atoms with Crippen LogP contribution in [0.15, 0.2) is 0 Å². The maximum Gasteiger partial charge on any atom is 0.00971 e. The third kappa shape index (κ3) is 3.76. The van der Waals surface area contributed by atoms with Crippen LogP contribution in [0.1, 0.15) is 46.5 Å². The fraction of sp³-hybridized carbons (Fsp3) is 1.00. The van der Waals surface area contributed by atoms with Gasteiger partial charge in [0.05, 0.1) is 0 Å².